The van der Waals surface area contributed by atoms with Crippen LogP contribution in [-0.2, 0) is 21.7 Å². The first kappa shape index (κ1) is 78.9. The zero-order valence-electron chi connectivity index (χ0n) is 72.7. The number of benzene rings is 17. The maximum absolute atomic E-state index is 2.42. The minimum Gasteiger partial charge on any atom is -0.0622 e. The second-order valence-electron chi connectivity index (χ2n) is 36.2. The van der Waals surface area contributed by atoms with Crippen molar-refractivity contribution in [3.05, 3.63) is 465 Å². The molecule has 0 bridgehead atoms. The van der Waals surface area contributed by atoms with Gasteiger partial charge in [-0.2, -0.15) is 0 Å². The number of hydrogen-bond acceptors (Lipinski definition) is 0. The van der Waals surface area contributed by atoms with Gasteiger partial charge in [0.05, 0.1) is 0 Å². The fraction of sp³-hybridized carbons (Fsp3) is 0.157. The van der Waals surface area contributed by atoms with Crippen LogP contribution in [0.3, 0.4) is 0 Å². The molecule has 0 fully saturated rings. The number of rotatable bonds is 9. The highest BCUT2D eigenvalue weighted by molar-refractivity contribution is 5.92. The first-order valence-corrected chi connectivity index (χ1v) is 43.2. The van der Waals surface area contributed by atoms with Crippen LogP contribution in [-0.4, -0.2) is 0 Å². The lowest BCUT2D eigenvalue weighted by Crippen LogP contribution is -2.22. The highest BCUT2D eigenvalue weighted by atomic mass is 14.5. The van der Waals surface area contributed by atoms with Crippen LogP contribution in [0.2, 0.25) is 0 Å². The van der Waals surface area contributed by atoms with E-state index in [0.29, 0.717) is 0 Å². The summed E-state index contributed by atoms with van der Waals surface area (Å²) in [6.45, 7) is 33.9. The predicted octanol–water partition coefficient (Wildman–Crippen LogP) is 32.8. The Kier molecular flexibility index (Phi) is 20.5. The summed E-state index contributed by atoms with van der Waals surface area (Å²) in [4.78, 5) is 0. The molecule has 0 N–H and O–H groups in total. The Hall–Kier alpha value is -13.3. The molecule has 0 amide bonds. The molecular weight excluding hydrogens is 1450 g/mol. The van der Waals surface area contributed by atoms with E-state index in [2.05, 4.69) is 474 Å². The molecule has 21 rings (SSSR count). The van der Waals surface area contributed by atoms with Crippen molar-refractivity contribution >= 4 is 0 Å². The molecule has 590 valence electrons. The summed E-state index contributed by atoms with van der Waals surface area (Å²) in [5.74, 6) is 0. The van der Waals surface area contributed by atoms with Crippen LogP contribution in [0.1, 0.15) is 143 Å². The molecule has 0 atom stereocenters. The van der Waals surface area contributed by atoms with Crippen LogP contribution in [0.25, 0.3) is 134 Å². The van der Waals surface area contributed by atoms with E-state index < -0.39 is 0 Å². The lowest BCUT2D eigenvalue weighted by atomic mass is 9.73. The van der Waals surface area contributed by atoms with Gasteiger partial charge in [-0.3, -0.25) is 0 Å². The second-order valence-corrected chi connectivity index (χ2v) is 36.2. The van der Waals surface area contributed by atoms with Crippen LogP contribution in [0.5, 0.6) is 0 Å². The van der Waals surface area contributed by atoms with E-state index in [9.17, 15) is 0 Å². The lowest BCUT2D eigenvalue weighted by molar-refractivity contribution is 0.660. The minimum absolute atomic E-state index is 0.00786. The van der Waals surface area contributed by atoms with Crippen LogP contribution in [0.15, 0.2) is 370 Å². The average molecular weight is 1560 g/mol. The monoisotopic (exact) mass is 1560 g/mol. The molecule has 121 heavy (non-hydrogen) atoms. The van der Waals surface area contributed by atoms with Crippen molar-refractivity contribution in [3.8, 4) is 134 Å². The van der Waals surface area contributed by atoms with Gasteiger partial charge in [-0.05, 0) is 317 Å². The molecule has 0 spiro atoms. The van der Waals surface area contributed by atoms with E-state index in [4.69, 9.17) is 0 Å². The Balaban J connectivity index is 0.000000111. The summed E-state index contributed by atoms with van der Waals surface area (Å²) in [5, 5.41) is 0. The Morgan fingerprint density at radius 3 is 0.628 bits per heavy atom. The molecule has 0 unspecified atom stereocenters. The third kappa shape index (κ3) is 14.4. The van der Waals surface area contributed by atoms with E-state index in [1.54, 1.807) is 0 Å². The van der Waals surface area contributed by atoms with E-state index in [0.717, 1.165) is 0 Å². The van der Waals surface area contributed by atoms with Crippen LogP contribution in [0.4, 0.5) is 0 Å². The van der Waals surface area contributed by atoms with E-state index in [1.807, 2.05) is 0 Å². The Morgan fingerprint density at radius 1 is 0.140 bits per heavy atom. The fourth-order valence-electron chi connectivity index (χ4n) is 19.9. The van der Waals surface area contributed by atoms with Crippen molar-refractivity contribution in [2.24, 2.45) is 0 Å². The number of aryl methyl sites for hydroxylation is 8. The molecule has 0 heteroatoms. The predicted molar refractivity (Wildman–Crippen MR) is 517 cm³/mol. The molecule has 0 saturated carbocycles. The summed E-state index contributed by atoms with van der Waals surface area (Å²) in [5.41, 5.74) is 54.5. The maximum Gasteiger partial charge on any atom is 0.0435 e. The SMILES string of the molecule is Cc1ccc(-c2ccc3c(c2)C(C)(C)c2cc(-c4ccc(C)cc4)ccc2-3)cc1.Cc1cccc(-c2ccc3c(c2)C(C)(c2ccccc2)c2cc(-c4cccc(C)c4)ccc2-3)c1.Cc1ccccc1-c1ccc2c(c1)C(C)(C)c1cc(-c3ccccc3C)ccc1-2.Cc1ccccc1-c1ccc2c(c1)C(C)(C)c1cc(-c3ccccc3C)ccc1-2. The first-order valence-electron chi connectivity index (χ1n) is 43.2. The molecule has 0 radical (unpaired) electrons. The van der Waals surface area contributed by atoms with Gasteiger partial charge >= 0.3 is 0 Å². The molecule has 0 nitrogen and oxygen atoms in total. The summed E-state index contributed by atoms with van der Waals surface area (Å²) < 4.78 is 0. The van der Waals surface area contributed by atoms with Crippen molar-refractivity contribution in [2.45, 2.75) is 126 Å². The van der Waals surface area contributed by atoms with Crippen LogP contribution >= 0.6 is 0 Å². The Morgan fingerprint density at radius 2 is 0.355 bits per heavy atom. The normalized spacial score (nSPS) is 13.7. The van der Waals surface area contributed by atoms with Gasteiger partial charge in [-0.1, -0.05) is 385 Å². The smallest absolute Gasteiger partial charge is 0.0435 e. The fourth-order valence-corrected chi connectivity index (χ4v) is 19.9. The zero-order chi connectivity index (χ0) is 83.8. The summed E-state index contributed by atoms with van der Waals surface area (Å²) in [6.07, 6.45) is 0. The van der Waals surface area contributed by atoms with Gasteiger partial charge in [-0.25, -0.2) is 0 Å². The van der Waals surface area contributed by atoms with Gasteiger partial charge in [0.15, 0.2) is 0 Å². The third-order valence-corrected chi connectivity index (χ3v) is 27.1. The van der Waals surface area contributed by atoms with Gasteiger partial charge in [0.1, 0.15) is 0 Å². The molecule has 0 saturated heterocycles. The van der Waals surface area contributed by atoms with E-state index in [-0.39, 0.29) is 21.7 Å². The van der Waals surface area contributed by atoms with Gasteiger partial charge < -0.3 is 0 Å². The highest BCUT2D eigenvalue weighted by Crippen LogP contribution is 2.57. The van der Waals surface area contributed by atoms with Gasteiger partial charge in [0.2, 0.25) is 0 Å². The third-order valence-electron chi connectivity index (χ3n) is 27.1. The topological polar surface area (TPSA) is 0 Å². The molecule has 17 aromatic carbocycles. The molecule has 0 aliphatic heterocycles. The Bertz CT molecular complexity index is 6280. The second kappa shape index (κ2) is 31.5. The standard InChI is InChI=1S/C34H28.3C29H26/c1-23-9-7-11-25(19-23)27-15-17-30-31-18-16-28(26-12-8-10-24(2)20-26)22-33(31)34(3,32(30)21-27)29-13-5-4-6-14-29;1-19-5-9-21(10-6-19)23-13-15-25-26-16-14-24(22-11-7-20(2)8-12-22)18-28(26)29(3,4)27(25)17-23;2*1-19-9-5-7-11-23(19)21-13-15-25-26-16-14-22(24-12-8-6-10-20(24)2)18-28(26)29(3,4)27(25)17-21/h4-22H,1-3H3;3*5-18H,1-4H3. The largest absolute Gasteiger partial charge is 0.0622 e. The molecule has 0 heterocycles. The zero-order valence-corrected chi connectivity index (χ0v) is 72.7. The molecule has 0 aromatic heterocycles. The molecule has 17 aromatic rings. The van der Waals surface area contributed by atoms with Gasteiger partial charge in [0, 0.05) is 21.7 Å². The lowest BCUT2D eigenvalue weighted by Gasteiger charge is -2.29. The maximum atomic E-state index is 2.42. The van der Waals surface area contributed by atoms with Crippen molar-refractivity contribution in [2.75, 3.05) is 0 Å². The van der Waals surface area contributed by atoms with Crippen molar-refractivity contribution in [1.29, 1.82) is 0 Å². The van der Waals surface area contributed by atoms with Crippen molar-refractivity contribution < 1.29 is 0 Å². The van der Waals surface area contributed by atoms with Crippen molar-refractivity contribution in [1.82, 2.24) is 0 Å². The number of hydrogen-bond donors (Lipinski definition) is 0. The summed E-state index contributed by atoms with van der Waals surface area (Å²) in [7, 11) is 0. The first-order chi connectivity index (χ1) is 58.4. The van der Waals surface area contributed by atoms with Gasteiger partial charge in [0.25, 0.3) is 0 Å². The molecular formula is C121H106. The van der Waals surface area contributed by atoms with Crippen LogP contribution < -0.4 is 0 Å². The van der Waals surface area contributed by atoms with Gasteiger partial charge in [-0.15, -0.1) is 0 Å². The highest BCUT2D eigenvalue weighted by Gasteiger charge is 2.43. The summed E-state index contributed by atoms with van der Waals surface area (Å²) >= 11 is 0. The van der Waals surface area contributed by atoms with E-state index in [1.165, 1.54) is 228 Å². The number of fused-ring (bicyclic) bond motifs is 12. The Labute approximate surface area is 718 Å². The quantitative estimate of drug-likeness (QED) is 0.135. The minimum atomic E-state index is -0.217. The summed E-state index contributed by atoms with van der Waals surface area (Å²) in [6, 6.07) is 137. The average Bonchev–Trinajstić information content (AvgIpc) is 1.56. The van der Waals surface area contributed by atoms with E-state index >= 15 is 0 Å². The molecule has 4 aliphatic rings. The molecule has 4 aliphatic carbocycles. The van der Waals surface area contributed by atoms with Crippen LogP contribution in [0, 0.1) is 55.4 Å². The van der Waals surface area contributed by atoms with Crippen molar-refractivity contribution in [3.63, 3.8) is 0 Å².